The van der Waals surface area contributed by atoms with Gasteiger partial charge >= 0.3 is 0 Å². The van der Waals surface area contributed by atoms with E-state index < -0.39 is 0 Å². The van der Waals surface area contributed by atoms with Gasteiger partial charge in [-0.05, 0) is 51.9 Å². The van der Waals surface area contributed by atoms with E-state index in [1.165, 1.54) is 3.57 Å². The molecule has 0 fully saturated rings. The SMILES string of the molecule is NC(c1ccc(Cl)cc1)c1ccccc1I. The van der Waals surface area contributed by atoms with Crippen LogP contribution < -0.4 is 5.73 Å². The summed E-state index contributed by atoms with van der Waals surface area (Å²) in [6.07, 6.45) is 0. The van der Waals surface area contributed by atoms with Gasteiger partial charge in [-0.3, -0.25) is 0 Å². The van der Waals surface area contributed by atoms with Crippen molar-refractivity contribution < 1.29 is 0 Å². The van der Waals surface area contributed by atoms with Crippen LogP contribution in [0.1, 0.15) is 17.2 Å². The highest BCUT2D eigenvalue weighted by Crippen LogP contribution is 2.24. The van der Waals surface area contributed by atoms with Crippen molar-refractivity contribution in [1.82, 2.24) is 0 Å². The van der Waals surface area contributed by atoms with Crippen molar-refractivity contribution >= 4 is 34.2 Å². The van der Waals surface area contributed by atoms with Crippen LogP contribution in [0.5, 0.6) is 0 Å². The van der Waals surface area contributed by atoms with Gasteiger partial charge in [0.1, 0.15) is 0 Å². The highest BCUT2D eigenvalue weighted by Gasteiger charge is 2.11. The zero-order valence-electron chi connectivity index (χ0n) is 8.53. The molecule has 1 unspecified atom stereocenters. The number of hydrogen-bond donors (Lipinski definition) is 1. The minimum atomic E-state index is -0.0923. The molecule has 0 saturated carbocycles. The fraction of sp³-hybridized carbons (Fsp3) is 0.0769. The molecule has 0 heterocycles. The summed E-state index contributed by atoms with van der Waals surface area (Å²) in [6.45, 7) is 0. The van der Waals surface area contributed by atoms with Crippen molar-refractivity contribution in [3.8, 4) is 0 Å². The molecule has 0 spiro atoms. The van der Waals surface area contributed by atoms with E-state index >= 15 is 0 Å². The van der Waals surface area contributed by atoms with Crippen LogP contribution in [0.3, 0.4) is 0 Å². The Hall–Kier alpha value is -0.580. The highest BCUT2D eigenvalue weighted by molar-refractivity contribution is 14.1. The van der Waals surface area contributed by atoms with Crippen LogP contribution in [0.4, 0.5) is 0 Å². The lowest BCUT2D eigenvalue weighted by molar-refractivity contribution is 0.865. The van der Waals surface area contributed by atoms with E-state index in [-0.39, 0.29) is 6.04 Å². The Labute approximate surface area is 114 Å². The van der Waals surface area contributed by atoms with Crippen LogP contribution in [0.25, 0.3) is 0 Å². The number of benzene rings is 2. The van der Waals surface area contributed by atoms with Crippen molar-refractivity contribution in [1.29, 1.82) is 0 Å². The molecule has 0 aromatic heterocycles. The van der Waals surface area contributed by atoms with Crippen LogP contribution in [0.15, 0.2) is 48.5 Å². The first-order valence-electron chi connectivity index (χ1n) is 4.94. The lowest BCUT2D eigenvalue weighted by Crippen LogP contribution is -2.12. The summed E-state index contributed by atoms with van der Waals surface area (Å²) < 4.78 is 1.18. The Bertz CT molecular complexity index is 482. The predicted octanol–water partition coefficient (Wildman–Crippen LogP) is 3.99. The largest absolute Gasteiger partial charge is 0.320 e. The highest BCUT2D eigenvalue weighted by atomic mass is 127. The van der Waals surface area contributed by atoms with E-state index in [1.54, 1.807) is 0 Å². The second-order valence-electron chi connectivity index (χ2n) is 3.55. The second-order valence-corrected chi connectivity index (χ2v) is 5.15. The summed E-state index contributed by atoms with van der Waals surface area (Å²) in [6, 6.07) is 15.7. The fourth-order valence-electron chi connectivity index (χ4n) is 1.58. The molecule has 1 nitrogen and oxygen atoms in total. The van der Waals surface area contributed by atoms with E-state index in [4.69, 9.17) is 17.3 Å². The molecule has 2 aromatic rings. The summed E-state index contributed by atoms with van der Waals surface area (Å²) in [4.78, 5) is 0. The van der Waals surface area contributed by atoms with E-state index in [2.05, 4.69) is 34.7 Å². The first-order chi connectivity index (χ1) is 7.68. The normalized spacial score (nSPS) is 12.4. The molecule has 2 aromatic carbocycles. The molecule has 0 aliphatic carbocycles. The molecule has 2 rings (SSSR count). The topological polar surface area (TPSA) is 26.0 Å². The summed E-state index contributed by atoms with van der Waals surface area (Å²) in [5.41, 5.74) is 8.44. The fourth-order valence-corrected chi connectivity index (χ4v) is 2.43. The average Bonchev–Trinajstić information content (AvgIpc) is 2.30. The van der Waals surface area contributed by atoms with Crippen molar-refractivity contribution in [3.63, 3.8) is 0 Å². The number of halogens is 2. The van der Waals surface area contributed by atoms with Crippen LogP contribution in [-0.4, -0.2) is 0 Å². The van der Waals surface area contributed by atoms with Gasteiger partial charge in [-0.25, -0.2) is 0 Å². The molecule has 1 atom stereocenters. The Morgan fingerprint density at radius 3 is 2.25 bits per heavy atom. The summed E-state index contributed by atoms with van der Waals surface area (Å²) in [7, 11) is 0. The first-order valence-corrected chi connectivity index (χ1v) is 6.39. The minimum absolute atomic E-state index is 0.0923. The van der Waals surface area contributed by atoms with E-state index in [9.17, 15) is 0 Å². The van der Waals surface area contributed by atoms with Gasteiger partial charge in [-0.15, -0.1) is 0 Å². The Balaban J connectivity index is 2.35. The van der Waals surface area contributed by atoms with Crippen molar-refractivity contribution in [2.75, 3.05) is 0 Å². The van der Waals surface area contributed by atoms with Gasteiger partial charge in [0.15, 0.2) is 0 Å². The number of hydrogen-bond acceptors (Lipinski definition) is 1. The molecule has 0 aliphatic rings. The molecule has 16 heavy (non-hydrogen) atoms. The van der Waals surface area contributed by atoms with E-state index in [1.807, 2.05) is 36.4 Å². The van der Waals surface area contributed by atoms with Crippen LogP contribution in [-0.2, 0) is 0 Å². The summed E-state index contributed by atoms with van der Waals surface area (Å²) in [5, 5.41) is 0.735. The lowest BCUT2D eigenvalue weighted by atomic mass is 10.00. The molecule has 0 bridgehead atoms. The van der Waals surface area contributed by atoms with Crippen molar-refractivity contribution in [2.24, 2.45) is 5.73 Å². The smallest absolute Gasteiger partial charge is 0.0562 e. The number of rotatable bonds is 2. The average molecular weight is 344 g/mol. The summed E-state index contributed by atoms with van der Waals surface area (Å²) in [5.74, 6) is 0. The molecule has 82 valence electrons. The third kappa shape index (κ3) is 2.56. The van der Waals surface area contributed by atoms with Crippen molar-refractivity contribution in [3.05, 3.63) is 68.3 Å². The Morgan fingerprint density at radius 2 is 1.62 bits per heavy atom. The van der Waals surface area contributed by atoms with Gasteiger partial charge in [0, 0.05) is 8.59 Å². The van der Waals surface area contributed by atoms with Gasteiger partial charge < -0.3 is 5.73 Å². The molecule has 0 radical (unpaired) electrons. The molecular formula is C13H11ClIN. The monoisotopic (exact) mass is 343 g/mol. The maximum atomic E-state index is 6.22. The molecule has 2 N–H and O–H groups in total. The van der Waals surface area contributed by atoms with Gasteiger partial charge in [0.2, 0.25) is 0 Å². The molecular weight excluding hydrogens is 333 g/mol. The van der Waals surface area contributed by atoms with Crippen LogP contribution in [0, 0.1) is 3.57 Å². The zero-order valence-corrected chi connectivity index (χ0v) is 11.4. The van der Waals surface area contributed by atoms with Crippen LogP contribution >= 0.6 is 34.2 Å². The zero-order chi connectivity index (χ0) is 11.5. The van der Waals surface area contributed by atoms with Gasteiger partial charge in [-0.2, -0.15) is 0 Å². The maximum absolute atomic E-state index is 6.22. The first kappa shape index (κ1) is 11.9. The molecule has 0 amide bonds. The maximum Gasteiger partial charge on any atom is 0.0562 e. The van der Waals surface area contributed by atoms with Gasteiger partial charge in [-0.1, -0.05) is 41.9 Å². The van der Waals surface area contributed by atoms with Crippen molar-refractivity contribution in [2.45, 2.75) is 6.04 Å². The van der Waals surface area contributed by atoms with Gasteiger partial charge in [0.25, 0.3) is 0 Å². The Morgan fingerprint density at radius 1 is 1.00 bits per heavy atom. The quantitative estimate of drug-likeness (QED) is 0.820. The molecule has 0 saturated heterocycles. The number of nitrogens with two attached hydrogens (primary N) is 1. The molecule has 3 heteroatoms. The lowest BCUT2D eigenvalue weighted by Gasteiger charge is -2.14. The second kappa shape index (κ2) is 5.17. The van der Waals surface area contributed by atoms with E-state index in [0.29, 0.717) is 0 Å². The Kier molecular flexibility index (Phi) is 3.84. The van der Waals surface area contributed by atoms with Gasteiger partial charge in [0.05, 0.1) is 6.04 Å². The molecule has 0 aliphatic heterocycles. The third-order valence-corrected chi connectivity index (χ3v) is 3.70. The third-order valence-electron chi connectivity index (χ3n) is 2.47. The summed E-state index contributed by atoms with van der Waals surface area (Å²) >= 11 is 8.15. The standard InChI is InChI=1S/C13H11ClIN/c14-10-7-5-9(6-8-10)13(16)11-3-1-2-4-12(11)15/h1-8,13H,16H2. The minimum Gasteiger partial charge on any atom is -0.320 e. The predicted molar refractivity (Wildman–Crippen MR) is 76.6 cm³/mol. The van der Waals surface area contributed by atoms with E-state index in [0.717, 1.165) is 16.1 Å². The van der Waals surface area contributed by atoms with Crippen LogP contribution in [0.2, 0.25) is 5.02 Å².